The lowest BCUT2D eigenvalue weighted by molar-refractivity contribution is 0.108. The minimum absolute atomic E-state index is 0.747. The van der Waals surface area contributed by atoms with E-state index in [0.717, 1.165) is 68.9 Å². The average molecular weight is 509 g/mol. The van der Waals surface area contributed by atoms with Gasteiger partial charge >= 0.3 is 0 Å². The summed E-state index contributed by atoms with van der Waals surface area (Å²) in [6.45, 7) is 14.8. The van der Waals surface area contributed by atoms with Crippen LogP contribution in [-0.2, 0) is 6.42 Å². The van der Waals surface area contributed by atoms with Crippen LogP contribution < -0.4 is 10.1 Å². The third-order valence-corrected chi connectivity index (χ3v) is 8.79. The van der Waals surface area contributed by atoms with Gasteiger partial charge in [0.15, 0.2) is 0 Å². The van der Waals surface area contributed by atoms with Crippen LogP contribution in [0.5, 0.6) is 5.75 Å². The molecule has 0 aliphatic carbocycles. The molecule has 0 radical (unpaired) electrons. The fourth-order valence-electron chi connectivity index (χ4n) is 6.41. The topological polar surface area (TPSA) is 40.6 Å². The van der Waals surface area contributed by atoms with Crippen molar-refractivity contribution in [1.29, 1.82) is 0 Å². The molecular weight excluding hydrogens is 456 g/mol. The van der Waals surface area contributed by atoms with E-state index in [4.69, 9.17) is 4.74 Å². The minimum Gasteiger partial charge on any atom is -0.492 e. The van der Waals surface area contributed by atoms with Gasteiger partial charge in [0.1, 0.15) is 12.4 Å². The molecule has 2 aliphatic rings. The van der Waals surface area contributed by atoms with Crippen molar-refractivity contribution in [3.8, 4) is 5.75 Å². The molecule has 5 heteroatoms. The number of aryl methyl sites for hydroxylation is 1. The van der Waals surface area contributed by atoms with Crippen LogP contribution in [0, 0.1) is 11.8 Å². The third-order valence-electron chi connectivity index (χ3n) is 8.79. The number of ether oxygens (including phenoxy) is 1. The summed E-state index contributed by atoms with van der Waals surface area (Å²) in [5.74, 6) is 2.73. The van der Waals surface area contributed by atoms with Crippen molar-refractivity contribution in [3.63, 3.8) is 0 Å². The Morgan fingerprint density at radius 1 is 0.919 bits per heavy atom. The average Bonchev–Trinajstić information content (AvgIpc) is 2.94. The second-order valence-electron chi connectivity index (χ2n) is 11.4. The highest BCUT2D eigenvalue weighted by Crippen LogP contribution is 2.31. The van der Waals surface area contributed by atoms with Crippen molar-refractivity contribution in [2.24, 2.45) is 11.8 Å². The molecular formula is C32H52N4O. The van der Waals surface area contributed by atoms with Gasteiger partial charge in [-0.15, -0.1) is 0 Å². The zero-order valence-corrected chi connectivity index (χ0v) is 23.7. The summed E-state index contributed by atoms with van der Waals surface area (Å²) < 4.78 is 6.16. The summed E-state index contributed by atoms with van der Waals surface area (Å²) in [4.78, 5) is 9.87. The smallest absolute Gasteiger partial charge is 0.120 e. The van der Waals surface area contributed by atoms with Crippen molar-refractivity contribution in [3.05, 3.63) is 36.0 Å². The molecule has 5 nitrogen and oxygen atoms in total. The van der Waals surface area contributed by atoms with E-state index in [2.05, 4.69) is 58.2 Å². The van der Waals surface area contributed by atoms with Crippen LogP contribution in [0.15, 0.2) is 30.5 Å². The Bertz CT molecular complexity index is 913. The zero-order chi connectivity index (χ0) is 25.7. The molecule has 37 heavy (non-hydrogen) atoms. The molecule has 0 bridgehead atoms. The van der Waals surface area contributed by atoms with Crippen LogP contribution in [0.4, 0.5) is 0 Å². The number of pyridine rings is 1. The van der Waals surface area contributed by atoms with E-state index < -0.39 is 0 Å². The monoisotopic (exact) mass is 508 g/mol. The molecule has 2 saturated heterocycles. The van der Waals surface area contributed by atoms with Crippen molar-refractivity contribution in [2.45, 2.75) is 78.1 Å². The fraction of sp³-hybridized carbons (Fsp3) is 0.719. The van der Waals surface area contributed by atoms with Gasteiger partial charge in [0.05, 0.1) is 5.52 Å². The van der Waals surface area contributed by atoms with Gasteiger partial charge in [-0.2, -0.15) is 0 Å². The van der Waals surface area contributed by atoms with Crippen LogP contribution in [0.3, 0.4) is 0 Å². The minimum atomic E-state index is 0.747. The first-order valence-electron chi connectivity index (χ1n) is 15.4. The van der Waals surface area contributed by atoms with Gasteiger partial charge in [-0.3, -0.25) is 9.88 Å². The summed E-state index contributed by atoms with van der Waals surface area (Å²) in [5, 5.41) is 4.69. The first-order valence-corrected chi connectivity index (χ1v) is 15.4. The first kappa shape index (κ1) is 28.3. The number of benzene rings is 1. The molecule has 2 aromatic rings. The Labute approximate surface area is 226 Å². The number of likely N-dealkylation sites (tertiary alicyclic amines) is 1. The predicted octanol–water partition coefficient (Wildman–Crippen LogP) is 6.16. The van der Waals surface area contributed by atoms with Gasteiger partial charge in [0, 0.05) is 50.9 Å². The number of piperazine rings is 1. The molecule has 3 heterocycles. The van der Waals surface area contributed by atoms with Gasteiger partial charge in [0.2, 0.25) is 0 Å². The summed E-state index contributed by atoms with van der Waals surface area (Å²) >= 11 is 0. The summed E-state index contributed by atoms with van der Waals surface area (Å²) in [5.41, 5.74) is 2.51. The van der Waals surface area contributed by atoms with Gasteiger partial charge in [-0.25, -0.2) is 0 Å². The highest BCUT2D eigenvalue weighted by molar-refractivity contribution is 5.83. The number of aromatic nitrogens is 1. The van der Waals surface area contributed by atoms with Crippen LogP contribution in [0.25, 0.3) is 10.9 Å². The van der Waals surface area contributed by atoms with E-state index in [-0.39, 0.29) is 0 Å². The maximum absolute atomic E-state index is 6.16. The van der Waals surface area contributed by atoms with Crippen molar-refractivity contribution < 1.29 is 4.74 Å². The Morgan fingerprint density at radius 2 is 1.78 bits per heavy atom. The maximum atomic E-state index is 6.16. The first-order chi connectivity index (χ1) is 18.3. The number of nitrogens with zero attached hydrogens (tertiary/aromatic N) is 3. The predicted molar refractivity (Wildman–Crippen MR) is 157 cm³/mol. The number of rotatable bonds is 15. The lowest BCUT2D eigenvalue weighted by Gasteiger charge is -2.38. The van der Waals surface area contributed by atoms with E-state index in [1.54, 1.807) is 0 Å². The Morgan fingerprint density at radius 3 is 2.62 bits per heavy atom. The van der Waals surface area contributed by atoms with Gasteiger partial charge < -0.3 is 15.0 Å². The van der Waals surface area contributed by atoms with Gasteiger partial charge in [-0.05, 0) is 86.9 Å². The van der Waals surface area contributed by atoms with Crippen molar-refractivity contribution >= 4 is 10.9 Å². The second kappa shape index (κ2) is 15.7. The summed E-state index contributed by atoms with van der Waals surface area (Å²) in [6.07, 6.45) is 15.4. The normalized spacial score (nSPS) is 21.5. The number of hydrogen-bond donors (Lipinski definition) is 1. The summed E-state index contributed by atoms with van der Waals surface area (Å²) in [6, 6.07) is 8.67. The second-order valence-corrected chi connectivity index (χ2v) is 11.4. The van der Waals surface area contributed by atoms with Crippen LogP contribution in [0.2, 0.25) is 0 Å². The molecule has 2 aliphatic heterocycles. The standard InChI is InChI=1S/C32H52N4O/c1-3-5-6-7-8-19-36-20-15-28(27(4-2)26-36)10-9-11-29-14-16-34-32-13-12-30(25-31(29)32)37-24-23-35-21-17-33-18-22-35/h12-14,16,25,27-28,33H,3-11,15,17-24,26H2,1-2H3/t27-,28+/m0/s1. The highest BCUT2D eigenvalue weighted by atomic mass is 16.5. The third kappa shape index (κ3) is 8.94. The number of hydrogen-bond acceptors (Lipinski definition) is 5. The van der Waals surface area contributed by atoms with Crippen molar-refractivity contribution in [1.82, 2.24) is 20.1 Å². The molecule has 2 atom stereocenters. The highest BCUT2D eigenvalue weighted by Gasteiger charge is 2.27. The van der Waals surface area contributed by atoms with E-state index in [9.17, 15) is 0 Å². The molecule has 0 unspecified atom stereocenters. The lowest BCUT2D eigenvalue weighted by Crippen LogP contribution is -2.44. The van der Waals surface area contributed by atoms with Crippen molar-refractivity contribution in [2.75, 3.05) is 59.0 Å². The van der Waals surface area contributed by atoms with Crippen LogP contribution >= 0.6 is 0 Å². The van der Waals surface area contributed by atoms with E-state index in [1.807, 2.05) is 6.20 Å². The fourth-order valence-corrected chi connectivity index (χ4v) is 6.41. The van der Waals surface area contributed by atoms with Crippen LogP contribution in [0.1, 0.15) is 77.2 Å². The number of unbranched alkanes of at least 4 members (excludes halogenated alkanes) is 4. The summed E-state index contributed by atoms with van der Waals surface area (Å²) in [7, 11) is 0. The number of fused-ring (bicyclic) bond motifs is 1. The molecule has 1 N–H and O–H groups in total. The Hall–Kier alpha value is -1.69. The molecule has 0 spiro atoms. The lowest BCUT2D eigenvalue weighted by atomic mass is 9.80. The van der Waals surface area contributed by atoms with Gasteiger partial charge in [-0.1, -0.05) is 46.0 Å². The zero-order valence-electron chi connectivity index (χ0n) is 23.7. The molecule has 2 fully saturated rings. The molecule has 4 rings (SSSR count). The Kier molecular flexibility index (Phi) is 12.0. The maximum Gasteiger partial charge on any atom is 0.120 e. The largest absolute Gasteiger partial charge is 0.492 e. The van der Waals surface area contributed by atoms with E-state index >= 15 is 0 Å². The molecule has 0 saturated carbocycles. The molecule has 1 aromatic carbocycles. The molecule has 0 amide bonds. The van der Waals surface area contributed by atoms with Crippen LogP contribution in [-0.4, -0.2) is 73.7 Å². The number of nitrogens with one attached hydrogen (secondary N) is 1. The molecule has 1 aromatic heterocycles. The number of piperidine rings is 1. The molecule has 206 valence electrons. The quantitative estimate of drug-likeness (QED) is 0.292. The van der Waals surface area contributed by atoms with E-state index in [0.29, 0.717) is 0 Å². The van der Waals surface area contributed by atoms with Gasteiger partial charge in [0.25, 0.3) is 0 Å². The SMILES string of the molecule is CCCCCCCN1CC[C@@H](CCCc2ccnc3ccc(OCCN4CCNCC4)cc23)[C@@H](CC)C1. The Balaban J connectivity index is 1.24. The van der Waals surface area contributed by atoms with E-state index in [1.165, 1.54) is 88.4 Å².